The van der Waals surface area contributed by atoms with E-state index in [9.17, 15) is 0 Å². The highest BCUT2D eigenvalue weighted by molar-refractivity contribution is 6.25. The fourth-order valence-electron chi connectivity index (χ4n) is 6.38. The number of hydrogen-bond acceptors (Lipinski definition) is 4. The summed E-state index contributed by atoms with van der Waals surface area (Å²) in [5.41, 5.74) is 7.07. The van der Waals surface area contributed by atoms with Crippen molar-refractivity contribution in [2.45, 2.75) is 0 Å². The maximum atomic E-state index is 5.22. The lowest BCUT2D eigenvalue weighted by Gasteiger charge is -2.12. The third kappa shape index (κ3) is 3.92. The fourth-order valence-corrected chi connectivity index (χ4v) is 6.38. The average Bonchev–Trinajstić information content (AvgIpc) is 3.11. The molecule has 9 aromatic rings. The van der Waals surface area contributed by atoms with Crippen LogP contribution in [0.5, 0.6) is 0 Å². The first kappa shape index (κ1) is 24.6. The van der Waals surface area contributed by atoms with Gasteiger partial charge in [0.25, 0.3) is 0 Å². The van der Waals surface area contributed by atoms with Crippen molar-refractivity contribution in [2.24, 2.45) is 0 Å². The molecule has 0 aliphatic heterocycles. The summed E-state index contributed by atoms with van der Waals surface area (Å²) in [6.45, 7) is 0. The van der Waals surface area contributed by atoms with E-state index >= 15 is 0 Å². The molecule has 9 rings (SSSR count). The maximum absolute atomic E-state index is 5.22. The molecule has 3 aromatic heterocycles. The lowest BCUT2D eigenvalue weighted by Crippen LogP contribution is -1.94. The summed E-state index contributed by atoms with van der Waals surface area (Å²) in [5.74, 6) is 0. The van der Waals surface area contributed by atoms with Crippen LogP contribution >= 0.6 is 0 Å². The first-order valence-electron chi connectivity index (χ1n) is 14.7. The van der Waals surface area contributed by atoms with E-state index in [-0.39, 0.29) is 0 Å². The fraction of sp³-hybridized carbons (Fsp3) is 0. The zero-order valence-electron chi connectivity index (χ0n) is 23.6. The molecule has 0 aliphatic rings. The van der Waals surface area contributed by atoms with Crippen molar-refractivity contribution in [3.8, 4) is 33.9 Å². The second kappa shape index (κ2) is 9.79. The molecule has 0 atom stereocenters. The molecule has 0 fully saturated rings. The highest BCUT2D eigenvalue weighted by Crippen LogP contribution is 2.37. The number of hydrogen-bond donors (Lipinski definition) is 0. The SMILES string of the molecule is c1ccc(-c2cncc(-c3ccc4ccc5ccc(-c6ccc7c8ccccc8c8ccccc8c7c6)nc5c4n3)n2)cc1. The summed E-state index contributed by atoms with van der Waals surface area (Å²) in [4.78, 5) is 19.7. The Hall–Kier alpha value is -6.00. The van der Waals surface area contributed by atoms with Crippen LogP contribution in [0.15, 0.2) is 146 Å². The molecule has 0 saturated heterocycles. The topological polar surface area (TPSA) is 51.6 Å². The van der Waals surface area contributed by atoms with Crippen LogP contribution in [0.4, 0.5) is 0 Å². The molecule has 0 aliphatic carbocycles. The molecule has 44 heavy (non-hydrogen) atoms. The molecule has 0 spiro atoms. The van der Waals surface area contributed by atoms with Gasteiger partial charge in [0.1, 0.15) is 5.69 Å². The number of benzene rings is 6. The minimum absolute atomic E-state index is 0.732. The van der Waals surface area contributed by atoms with Gasteiger partial charge in [-0.15, -0.1) is 0 Å². The van der Waals surface area contributed by atoms with E-state index in [4.69, 9.17) is 15.0 Å². The number of pyridine rings is 2. The molecule has 4 heteroatoms. The van der Waals surface area contributed by atoms with Gasteiger partial charge in [-0.1, -0.05) is 115 Å². The second-order valence-corrected chi connectivity index (χ2v) is 11.1. The van der Waals surface area contributed by atoms with Gasteiger partial charge in [0, 0.05) is 21.9 Å². The van der Waals surface area contributed by atoms with E-state index < -0.39 is 0 Å². The number of aromatic nitrogens is 4. The van der Waals surface area contributed by atoms with Gasteiger partial charge >= 0.3 is 0 Å². The van der Waals surface area contributed by atoms with Crippen molar-refractivity contribution in [3.63, 3.8) is 0 Å². The van der Waals surface area contributed by atoms with Gasteiger partial charge in [0.2, 0.25) is 0 Å². The summed E-state index contributed by atoms with van der Waals surface area (Å²) in [5, 5.41) is 9.62. The number of fused-ring (bicyclic) bond motifs is 9. The Bertz CT molecular complexity index is 2520. The molecule has 0 amide bonds. The van der Waals surface area contributed by atoms with E-state index in [0.717, 1.165) is 55.7 Å². The highest BCUT2D eigenvalue weighted by Gasteiger charge is 2.13. The van der Waals surface area contributed by atoms with E-state index in [2.05, 4.69) is 102 Å². The van der Waals surface area contributed by atoms with E-state index in [1.54, 1.807) is 12.4 Å². The van der Waals surface area contributed by atoms with Gasteiger partial charge in [-0.3, -0.25) is 4.98 Å². The zero-order valence-corrected chi connectivity index (χ0v) is 23.6. The predicted molar refractivity (Wildman–Crippen MR) is 181 cm³/mol. The molecule has 4 nitrogen and oxygen atoms in total. The van der Waals surface area contributed by atoms with Crippen LogP contribution in [0.2, 0.25) is 0 Å². The normalized spacial score (nSPS) is 11.6. The third-order valence-electron chi connectivity index (χ3n) is 8.53. The number of nitrogens with zero attached hydrogens (tertiary/aromatic N) is 4. The van der Waals surface area contributed by atoms with Crippen molar-refractivity contribution in [3.05, 3.63) is 146 Å². The Balaban J connectivity index is 1.21. The molecule has 0 bridgehead atoms. The molecule has 3 heterocycles. The van der Waals surface area contributed by atoms with Crippen molar-refractivity contribution >= 4 is 54.1 Å². The number of rotatable bonds is 3. The van der Waals surface area contributed by atoms with Gasteiger partial charge < -0.3 is 0 Å². The van der Waals surface area contributed by atoms with Crippen LogP contribution in [0, 0.1) is 0 Å². The highest BCUT2D eigenvalue weighted by atomic mass is 14.8. The summed E-state index contributed by atoms with van der Waals surface area (Å²) in [6, 6.07) is 46.7. The minimum Gasteiger partial charge on any atom is -0.260 e. The maximum Gasteiger partial charge on any atom is 0.108 e. The molecular weight excluding hydrogens is 536 g/mol. The van der Waals surface area contributed by atoms with Gasteiger partial charge in [0.15, 0.2) is 0 Å². The van der Waals surface area contributed by atoms with Crippen LogP contribution in [0.3, 0.4) is 0 Å². The Morgan fingerprint density at radius 2 is 0.841 bits per heavy atom. The summed E-state index contributed by atoms with van der Waals surface area (Å²) >= 11 is 0. The van der Waals surface area contributed by atoms with Crippen LogP contribution in [-0.2, 0) is 0 Å². The van der Waals surface area contributed by atoms with E-state index in [1.807, 2.05) is 36.4 Å². The monoisotopic (exact) mass is 560 g/mol. The van der Waals surface area contributed by atoms with Crippen LogP contribution in [-0.4, -0.2) is 19.9 Å². The van der Waals surface area contributed by atoms with Crippen molar-refractivity contribution in [1.29, 1.82) is 0 Å². The molecule has 6 aromatic carbocycles. The Morgan fingerprint density at radius 1 is 0.318 bits per heavy atom. The predicted octanol–water partition coefficient (Wildman–Crippen LogP) is 10.0. The Kier molecular flexibility index (Phi) is 5.47. The Labute approximate surface area is 253 Å². The smallest absolute Gasteiger partial charge is 0.108 e. The Morgan fingerprint density at radius 3 is 1.52 bits per heavy atom. The van der Waals surface area contributed by atoms with Crippen LogP contribution < -0.4 is 0 Å². The average molecular weight is 561 g/mol. The molecular formula is C40H24N4. The van der Waals surface area contributed by atoms with Crippen molar-refractivity contribution in [2.75, 3.05) is 0 Å². The van der Waals surface area contributed by atoms with E-state index in [0.29, 0.717) is 0 Å². The minimum atomic E-state index is 0.732. The third-order valence-corrected chi connectivity index (χ3v) is 8.53. The summed E-state index contributed by atoms with van der Waals surface area (Å²) < 4.78 is 0. The van der Waals surface area contributed by atoms with Crippen LogP contribution in [0.25, 0.3) is 88.0 Å². The van der Waals surface area contributed by atoms with Gasteiger partial charge in [-0.25, -0.2) is 15.0 Å². The molecule has 0 radical (unpaired) electrons. The largest absolute Gasteiger partial charge is 0.260 e. The summed E-state index contributed by atoms with van der Waals surface area (Å²) in [7, 11) is 0. The van der Waals surface area contributed by atoms with E-state index in [1.165, 1.54) is 32.3 Å². The van der Waals surface area contributed by atoms with Gasteiger partial charge in [-0.05, 0) is 50.5 Å². The van der Waals surface area contributed by atoms with Crippen LogP contribution in [0.1, 0.15) is 0 Å². The quantitative estimate of drug-likeness (QED) is 0.202. The second-order valence-electron chi connectivity index (χ2n) is 11.1. The lowest BCUT2D eigenvalue weighted by atomic mass is 9.93. The first-order valence-corrected chi connectivity index (χ1v) is 14.7. The first-order chi connectivity index (χ1) is 21.8. The van der Waals surface area contributed by atoms with Gasteiger partial charge in [0.05, 0.1) is 40.5 Å². The molecule has 204 valence electrons. The zero-order chi connectivity index (χ0) is 29.0. The summed E-state index contributed by atoms with van der Waals surface area (Å²) in [6.07, 6.45) is 3.56. The van der Waals surface area contributed by atoms with Crippen molar-refractivity contribution < 1.29 is 0 Å². The standard InChI is InChI=1S/C40H24N4/c1-2-8-25(9-3-1)37-23-41-24-38(42-37)36-21-18-27-15-14-26-17-20-35(43-39(26)40(27)44-36)28-16-19-33-31-12-5-4-10-29(31)30-11-6-7-13-32(30)34(33)22-28/h1-24H. The van der Waals surface area contributed by atoms with Crippen molar-refractivity contribution in [1.82, 2.24) is 19.9 Å². The molecule has 0 saturated carbocycles. The molecule has 0 unspecified atom stereocenters. The molecule has 0 N–H and O–H groups in total. The lowest BCUT2D eigenvalue weighted by molar-refractivity contribution is 1.19. The van der Waals surface area contributed by atoms with Gasteiger partial charge in [-0.2, -0.15) is 0 Å².